The number of benzene rings is 1. The van der Waals surface area contributed by atoms with Crippen LogP contribution >= 0.6 is 0 Å². The molecular weight excluding hydrogens is 324 g/mol. The number of nitrogens with one attached hydrogen (secondary N) is 2. The minimum atomic E-state index is -0.0948. The number of rotatable bonds is 16. The van der Waals surface area contributed by atoms with Crippen LogP contribution in [-0.4, -0.2) is 18.9 Å². The average molecular weight is 360 g/mol. The molecule has 0 aliphatic heterocycles. The van der Waals surface area contributed by atoms with Crippen LogP contribution in [0.2, 0.25) is 0 Å². The Labute approximate surface area is 159 Å². The molecule has 0 bridgehead atoms. The minimum Gasteiger partial charge on any atom is -0.352 e. The number of hydrogen-bond donors (Lipinski definition) is 2. The Morgan fingerprint density at radius 1 is 0.885 bits per heavy atom. The molecule has 0 saturated heterocycles. The summed E-state index contributed by atoms with van der Waals surface area (Å²) >= 11 is 0. The van der Waals surface area contributed by atoms with Crippen molar-refractivity contribution in [1.82, 2.24) is 5.32 Å². The third-order valence-corrected chi connectivity index (χ3v) is 4.64. The summed E-state index contributed by atoms with van der Waals surface area (Å²) in [7, 11) is 0. The molecule has 0 atom stereocenters. The van der Waals surface area contributed by atoms with E-state index in [0.29, 0.717) is 17.8 Å². The maximum atomic E-state index is 12.1. The van der Waals surface area contributed by atoms with Crippen molar-refractivity contribution in [2.75, 3.05) is 11.9 Å². The van der Waals surface area contributed by atoms with Gasteiger partial charge in [0, 0.05) is 17.8 Å². The lowest BCUT2D eigenvalue weighted by Gasteiger charge is -2.07. The van der Waals surface area contributed by atoms with Gasteiger partial charge in [-0.05, 0) is 24.6 Å². The van der Waals surface area contributed by atoms with E-state index in [4.69, 9.17) is 0 Å². The maximum Gasteiger partial charge on any atom is 0.314 e. The predicted molar refractivity (Wildman–Crippen MR) is 109 cm³/mol. The highest BCUT2D eigenvalue weighted by Gasteiger charge is 2.05. The lowest BCUT2D eigenvalue weighted by Crippen LogP contribution is -2.24. The van der Waals surface area contributed by atoms with Crippen LogP contribution in [0.25, 0.3) is 0 Å². The van der Waals surface area contributed by atoms with E-state index in [1.54, 1.807) is 30.7 Å². The summed E-state index contributed by atoms with van der Waals surface area (Å²) in [4.78, 5) is 22.4. The van der Waals surface area contributed by atoms with Gasteiger partial charge in [-0.3, -0.25) is 9.59 Å². The molecular formula is C22H35N2O2. The Morgan fingerprint density at radius 3 is 2.04 bits per heavy atom. The van der Waals surface area contributed by atoms with Gasteiger partial charge in [0.05, 0.1) is 0 Å². The molecule has 145 valence electrons. The largest absolute Gasteiger partial charge is 0.352 e. The Balaban J connectivity index is 1.96. The van der Waals surface area contributed by atoms with Gasteiger partial charge in [-0.15, -0.1) is 0 Å². The van der Waals surface area contributed by atoms with Crippen LogP contribution in [0.15, 0.2) is 24.3 Å². The Morgan fingerprint density at radius 2 is 1.46 bits per heavy atom. The Hall–Kier alpha value is -1.84. The Bertz CT molecular complexity index is 503. The molecule has 0 spiro atoms. The normalized spacial score (nSPS) is 10.5. The molecule has 1 aromatic carbocycles. The number of anilines is 1. The molecule has 1 radical (unpaired) electrons. The van der Waals surface area contributed by atoms with E-state index in [1.807, 2.05) is 0 Å². The van der Waals surface area contributed by atoms with E-state index in [0.717, 1.165) is 6.42 Å². The summed E-state index contributed by atoms with van der Waals surface area (Å²) in [6, 6.07) is 6.88. The minimum absolute atomic E-state index is 0.0948. The predicted octanol–water partition coefficient (Wildman–Crippen LogP) is 5.60. The smallest absolute Gasteiger partial charge is 0.314 e. The molecule has 0 aliphatic rings. The lowest BCUT2D eigenvalue weighted by atomic mass is 10.1. The van der Waals surface area contributed by atoms with Gasteiger partial charge in [0.1, 0.15) is 0 Å². The summed E-state index contributed by atoms with van der Waals surface area (Å²) in [5.74, 6) is -0.0948. The highest BCUT2D eigenvalue weighted by molar-refractivity contribution is 5.95. The van der Waals surface area contributed by atoms with Crippen LogP contribution in [0.5, 0.6) is 0 Å². The molecule has 0 heterocycles. The number of hydrogen-bond acceptors (Lipinski definition) is 2. The van der Waals surface area contributed by atoms with E-state index in [9.17, 15) is 9.59 Å². The molecule has 0 unspecified atom stereocenters. The molecule has 0 saturated carbocycles. The van der Waals surface area contributed by atoms with E-state index >= 15 is 0 Å². The molecule has 1 rings (SSSR count). The fraction of sp³-hybridized carbons (Fsp3) is 0.636. The quantitative estimate of drug-likeness (QED) is 0.298. The van der Waals surface area contributed by atoms with Gasteiger partial charge >= 0.3 is 6.41 Å². The van der Waals surface area contributed by atoms with Crippen LogP contribution in [0.1, 0.15) is 94.3 Å². The topological polar surface area (TPSA) is 58.2 Å². The van der Waals surface area contributed by atoms with Crippen molar-refractivity contribution in [2.24, 2.45) is 0 Å². The standard InChI is InChI=1S/C22H35N2O2/c1-2-3-4-5-6-7-8-9-10-11-12-13-17-23-22(26)20-15-14-16-21(18-20)24-19-25/h14-16,18H,2-13,17H2,1H3,(H,23,26)(H,24,25). The summed E-state index contributed by atoms with van der Waals surface area (Å²) in [6.45, 7) is 2.96. The second kappa shape index (κ2) is 15.4. The van der Waals surface area contributed by atoms with Crippen LogP contribution in [0.3, 0.4) is 0 Å². The first-order chi connectivity index (χ1) is 12.8. The van der Waals surface area contributed by atoms with Gasteiger partial charge in [0.25, 0.3) is 5.91 Å². The van der Waals surface area contributed by atoms with Gasteiger partial charge in [-0.1, -0.05) is 83.6 Å². The van der Waals surface area contributed by atoms with Crippen molar-refractivity contribution in [1.29, 1.82) is 0 Å². The number of amides is 2. The first-order valence-corrected chi connectivity index (χ1v) is 10.3. The molecule has 4 heteroatoms. The zero-order chi connectivity index (χ0) is 18.9. The summed E-state index contributed by atoms with van der Waals surface area (Å²) in [5.41, 5.74) is 1.14. The highest BCUT2D eigenvalue weighted by atomic mass is 16.1. The van der Waals surface area contributed by atoms with E-state index < -0.39 is 0 Å². The fourth-order valence-electron chi connectivity index (χ4n) is 3.07. The number of unbranched alkanes of at least 4 members (excludes halogenated alkanes) is 11. The average Bonchev–Trinajstić information content (AvgIpc) is 2.66. The molecule has 0 fully saturated rings. The highest BCUT2D eigenvalue weighted by Crippen LogP contribution is 2.12. The summed E-state index contributed by atoms with van der Waals surface area (Å²) in [5, 5.41) is 5.37. The van der Waals surface area contributed by atoms with Crippen LogP contribution in [-0.2, 0) is 4.79 Å². The molecule has 0 aliphatic carbocycles. The van der Waals surface area contributed by atoms with Crippen molar-refractivity contribution in [3.63, 3.8) is 0 Å². The maximum absolute atomic E-state index is 12.1. The second-order valence-electron chi connectivity index (χ2n) is 6.95. The molecule has 0 aromatic heterocycles. The van der Waals surface area contributed by atoms with Crippen molar-refractivity contribution < 1.29 is 9.59 Å². The molecule has 26 heavy (non-hydrogen) atoms. The van der Waals surface area contributed by atoms with Crippen molar-refractivity contribution >= 4 is 18.0 Å². The lowest BCUT2D eigenvalue weighted by molar-refractivity contribution is 0.0953. The van der Waals surface area contributed by atoms with Crippen LogP contribution < -0.4 is 10.6 Å². The van der Waals surface area contributed by atoms with Gasteiger partial charge in [0.15, 0.2) is 0 Å². The van der Waals surface area contributed by atoms with E-state index in [2.05, 4.69) is 17.6 Å². The van der Waals surface area contributed by atoms with Crippen molar-refractivity contribution in [3.05, 3.63) is 29.8 Å². The third-order valence-electron chi connectivity index (χ3n) is 4.64. The van der Waals surface area contributed by atoms with E-state index in [1.165, 1.54) is 70.6 Å². The third kappa shape index (κ3) is 10.9. The number of carbonyl (C=O) groups is 1. The molecule has 2 amide bonds. The van der Waals surface area contributed by atoms with Crippen molar-refractivity contribution in [3.8, 4) is 0 Å². The molecule has 1 aromatic rings. The van der Waals surface area contributed by atoms with E-state index in [-0.39, 0.29) is 5.91 Å². The monoisotopic (exact) mass is 359 g/mol. The molecule has 2 N–H and O–H groups in total. The first-order valence-electron chi connectivity index (χ1n) is 10.3. The van der Waals surface area contributed by atoms with Gasteiger partial charge in [-0.25, -0.2) is 0 Å². The zero-order valence-electron chi connectivity index (χ0n) is 16.3. The zero-order valence-corrected chi connectivity index (χ0v) is 16.3. The second-order valence-corrected chi connectivity index (χ2v) is 6.95. The van der Waals surface area contributed by atoms with Crippen LogP contribution in [0, 0.1) is 0 Å². The van der Waals surface area contributed by atoms with Gasteiger partial charge in [-0.2, -0.15) is 0 Å². The summed E-state index contributed by atoms with van der Waals surface area (Å²) in [6.07, 6.45) is 17.4. The Kier molecular flexibility index (Phi) is 13.2. The van der Waals surface area contributed by atoms with Crippen molar-refractivity contribution in [2.45, 2.75) is 84.0 Å². The SMILES string of the molecule is CCCCCCCCCCCCCCNC(=O)c1cccc(N[C]=O)c1. The number of carbonyl (C=O) groups excluding carboxylic acids is 2. The fourth-order valence-corrected chi connectivity index (χ4v) is 3.07. The van der Waals surface area contributed by atoms with Gasteiger partial charge in [0.2, 0.25) is 0 Å². The van der Waals surface area contributed by atoms with Gasteiger partial charge < -0.3 is 10.6 Å². The van der Waals surface area contributed by atoms with Crippen LogP contribution in [0.4, 0.5) is 5.69 Å². The first kappa shape index (κ1) is 22.2. The molecule has 4 nitrogen and oxygen atoms in total. The summed E-state index contributed by atoms with van der Waals surface area (Å²) < 4.78 is 0.